The van der Waals surface area contributed by atoms with E-state index in [4.69, 9.17) is 16.0 Å². The summed E-state index contributed by atoms with van der Waals surface area (Å²) in [6, 6.07) is 16.7. The number of carbonyl (C=O) groups excluding carboxylic acids is 1. The van der Waals surface area contributed by atoms with E-state index in [0.717, 1.165) is 5.56 Å². The fourth-order valence-electron chi connectivity index (χ4n) is 2.21. The zero-order chi connectivity index (χ0) is 16.2. The van der Waals surface area contributed by atoms with Crippen molar-refractivity contribution in [3.05, 3.63) is 71.1 Å². The van der Waals surface area contributed by atoms with Crippen molar-refractivity contribution < 1.29 is 9.21 Å². The number of benzene rings is 2. The smallest absolute Gasteiger partial charge is 0.230 e. The first-order chi connectivity index (χ1) is 11.1. The standard InChI is InChI=1S/C18H15ClN2O2/c1-12-16(21-18(23-12)13-7-3-2-4-8-13)11-17(22)20-15-10-6-5-9-14(15)19/h2-10H,11H2,1H3,(H,20,22). The number of hydrogen-bond donors (Lipinski definition) is 1. The quantitative estimate of drug-likeness (QED) is 0.768. The molecule has 0 aliphatic carbocycles. The number of nitrogens with one attached hydrogen (secondary N) is 1. The van der Waals surface area contributed by atoms with Gasteiger partial charge in [0, 0.05) is 5.56 Å². The van der Waals surface area contributed by atoms with Crippen LogP contribution < -0.4 is 5.32 Å². The molecule has 0 saturated heterocycles. The van der Waals surface area contributed by atoms with Gasteiger partial charge in [-0.25, -0.2) is 4.98 Å². The highest BCUT2D eigenvalue weighted by Crippen LogP contribution is 2.23. The fraction of sp³-hybridized carbons (Fsp3) is 0.111. The molecule has 0 atom stereocenters. The Hall–Kier alpha value is -2.59. The maximum atomic E-state index is 12.2. The van der Waals surface area contributed by atoms with E-state index < -0.39 is 0 Å². The third-order valence-corrected chi connectivity index (χ3v) is 3.72. The third-order valence-electron chi connectivity index (χ3n) is 3.39. The number of para-hydroxylation sites is 1. The van der Waals surface area contributed by atoms with Crippen LogP contribution in [0.1, 0.15) is 11.5 Å². The minimum Gasteiger partial charge on any atom is -0.441 e. The van der Waals surface area contributed by atoms with Crippen LogP contribution in [0.4, 0.5) is 5.69 Å². The van der Waals surface area contributed by atoms with Crippen molar-refractivity contribution in [2.75, 3.05) is 5.32 Å². The average molecular weight is 327 g/mol. The summed E-state index contributed by atoms with van der Waals surface area (Å²) in [7, 11) is 0. The molecule has 1 aromatic heterocycles. The Kier molecular flexibility index (Phi) is 4.44. The zero-order valence-electron chi connectivity index (χ0n) is 12.5. The Morgan fingerprint density at radius 3 is 2.57 bits per heavy atom. The van der Waals surface area contributed by atoms with E-state index in [2.05, 4.69) is 10.3 Å². The van der Waals surface area contributed by atoms with E-state index in [-0.39, 0.29) is 12.3 Å². The Balaban J connectivity index is 1.74. The molecule has 1 heterocycles. The first kappa shape index (κ1) is 15.3. The van der Waals surface area contributed by atoms with E-state index in [1.54, 1.807) is 19.1 Å². The highest BCUT2D eigenvalue weighted by atomic mass is 35.5. The second kappa shape index (κ2) is 6.67. The third kappa shape index (κ3) is 3.60. The molecule has 0 radical (unpaired) electrons. The summed E-state index contributed by atoms with van der Waals surface area (Å²) in [5.74, 6) is 0.968. The van der Waals surface area contributed by atoms with Crippen molar-refractivity contribution in [3.8, 4) is 11.5 Å². The second-order valence-electron chi connectivity index (χ2n) is 5.09. The lowest BCUT2D eigenvalue weighted by molar-refractivity contribution is -0.115. The lowest BCUT2D eigenvalue weighted by Crippen LogP contribution is -2.15. The summed E-state index contributed by atoms with van der Waals surface area (Å²) in [4.78, 5) is 16.6. The summed E-state index contributed by atoms with van der Waals surface area (Å²) < 4.78 is 5.66. The number of rotatable bonds is 4. The monoisotopic (exact) mass is 326 g/mol. The number of nitrogens with zero attached hydrogens (tertiary/aromatic N) is 1. The number of aromatic nitrogens is 1. The van der Waals surface area contributed by atoms with Gasteiger partial charge in [0.2, 0.25) is 11.8 Å². The lowest BCUT2D eigenvalue weighted by Gasteiger charge is -2.05. The molecule has 1 N–H and O–H groups in total. The first-order valence-electron chi connectivity index (χ1n) is 7.19. The van der Waals surface area contributed by atoms with Gasteiger partial charge in [0.15, 0.2) is 0 Å². The van der Waals surface area contributed by atoms with Crippen molar-refractivity contribution in [3.63, 3.8) is 0 Å². The fourth-order valence-corrected chi connectivity index (χ4v) is 2.39. The molecule has 116 valence electrons. The molecule has 0 aliphatic rings. The maximum absolute atomic E-state index is 12.2. The van der Waals surface area contributed by atoms with Crippen molar-refractivity contribution in [2.45, 2.75) is 13.3 Å². The van der Waals surface area contributed by atoms with Gasteiger partial charge in [-0.1, -0.05) is 41.9 Å². The molecule has 2 aromatic carbocycles. The van der Waals surface area contributed by atoms with Gasteiger partial charge in [0.1, 0.15) is 5.76 Å². The molecule has 23 heavy (non-hydrogen) atoms. The van der Waals surface area contributed by atoms with E-state index in [0.29, 0.717) is 28.1 Å². The molecule has 0 spiro atoms. The van der Waals surface area contributed by atoms with E-state index in [9.17, 15) is 4.79 Å². The SMILES string of the molecule is Cc1oc(-c2ccccc2)nc1CC(=O)Nc1ccccc1Cl. The highest BCUT2D eigenvalue weighted by molar-refractivity contribution is 6.33. The van der Waals surface area contributed by atoms with Crippen molar-refractivity contribution in [1.29, 1.82) is 0 Å². The molecule has 3 rings (SSSR count). The van der Waals surface area contributed by atoms with Crippen LogP contribution in [0.5, 0.6) is 0 Å². The van der Waals surface area contributed by atoms with Crippen molar-refractivity contribution in [2.24, 2.45) is 0 Å². The topological polar surface area (TPSA) is 55.1 Å². The van der Waals surface area contributed by atoms with Crippen molar-refractivity contribution in [1.82, 2.24) is 4.98 Å². The molecule has 5 heteroatoms. The van der Waals surface area contributed by atoms with Crippen molar-refractivity contribution >= 4 is 23.2 Å². The van der Waals surface area contributed by atoms with Gasteiger partial charge in [0.05, 0.1) is 22.8 Å². The van der Waals surface area contributed by atoms with Crippen LogP contribution in [0.25, 0.3) is 11.5 Å². The number of aryl methyl sites for hydroxylation is 1. The van der Waals surface area contributed by atoms with Crippen LogP contribution >= 0.6 is 11.6 Å². The predicted molar refractivity (Wildman–Crippen MR) is 90.5 cm³/mol. The van der Waals surface area contributed by atoms with Gasteiger partial charge in [-0.3, -0.25) is 4.79 Å². The first-order valence-corrected chi connectivity index (χ1v) is 7.57. The number of oxazole rings is 1. The summed E-state index contributed by atoms with van der Waals surface area (Å²) in [5, 5.41) is 3.28. The van der Waals surface area contributed by atoms with Gasteiger partial charge in [-0.15, -0.1) is 0 Å². The normalized spacial score (nSPS) is 10.5. The van der Waals surface area contributed by atoms with Crippen LogP contribution in [-0.4, -0.2) is 10.9 Å². The average Bonchev–Trinajstić information content (AvgIpc) is 2.91. The largest absolute Gasteiger partial charge is 0.441 e. The number of amides is 1. The Morgan fingerprint density at radius 2 is 1.83 bits per heavy atom. The molecule has 0 unspecified atom stereocenters. The molecule has 4 nitrogen and oxygen atoms in total. The molecule has 0 bridgehead atoms. The Morgan fingerprint density at radius 1 is 1.13 bits per heavy atom. The van der Waals surface area contributed by atoms with Gasteiger partial charge < -0.3 is 9.73 Å². The molecule has 1 amide bonds. The highest BCUT2D eigenvalue weighted by Gasteiger charge is 2.15. The van der Waals surface area contributed by atoms with Gasteiger partial charge in [0.25, 0.3) is 0 Å². The number of carbonyl (C=O) groups is 1. The minimum atomic E-state index is -0.186. The predicted octanol–water partition coefficient (Wildman–Crippen LogP) is 4.48. The van der Waals surface area contributed by atoms with Gasteiger partial charge in [-0.2, -0.15) is 0 Å². The molecule has 0 fully saturated rings. The van der Waals surface area contributed by atoms with Crippen LogP contribution in [-0.2, 0) is 11.2 Å². The summed E-state index contributed by atoms with van der Waals surface area (Å²) in [6.07, 6.45) is 0.132. The Labute approximate surface area is 139 Å². The molecule has 0 aliphatic heterocycles. The number of anilines is 1. The van der Waals surface area contributed by atoms with Crippen LogP contribution in [0.3, 0.4) is 0 Å². The number of halogens is 1. The second-order valence-corrected chi connectivity index (χ2v) is 5.50. The molecular weight excluding hydrogens is 312 g/mol. The van der Waals surface area contributed by atoms with E-state index in [1.165, 1.54) is 0 Å². The summed E-state index contributed by atoms with van der Waals surface area (Å²) >= 11 is 6.04. The van der Waals surface area contributed by atoms with Gasteiger partial charge >= 0.3 is 0 Å². The van der Waals surface area contributed by atoms with Crippen LogP contribution in [0.2, 0.25) is 5.02 Å². The number of hydrogen-bond acceptors (Lipinski definition) is 3. The zero-order valence-corrected chi connectivity index (χ0v) is 13.3. The maximum Gasteiger partial charge on any atom is 0.230 e. The molecule has 3 aromatic rings. The van der Waals surface area contributed by atoms with Gasteiger partial charge in [-0.05, 0) is 31.2 Å². The Bertz CT molecular complexity index is 828. The lowest BCUT2D eigenvalue weighted by atomic mass is 10.2. The van der Waals surface area contributed by atoms with E-state index in [1.807, 2.05) is 42.5 Å². The minimum absolute atomic E-state index is 0.132. The van der Waals surface area contributed by atoms with E-state index >= 15 is 0 Å². The molecule has 0 saturated carbocycles. The summed E-state index contributed by atoms with van der Waals surface area (Å²) in [5.41, 5.74) is 2.09. The van der Waals surface area contributed by atoms with Crippen LogP contribution in [0, 0.1) is 6.92 Å². The molecular formula is C18H15ClN2O2. The van der Waals surface area contributed by atoms with Crippen LogP contribution in [0.15, 0.2) is 59.0 Å². The summed E-state index contributed by atoms with van der Waals surface area (Å²) in [6.45, 7) is 1.80.